The van der Waals surface area contributed by atoms with Gasteiger partial charge in [0.1, 0.15) is 5.75 Å². The molecule has 2 atom stereocenters. The van der Waals surface area contributed by atoms with Crippen molar-refractivity contribution < 1.29 is 9.84 Å². The zero-order valence-electron chi connectivity index (χ0n) is 12.1. The molecule has 1 aliphatic heterocycles. The highest BCUT2D eigenvalue weighted by Crippen LogP contribution is 2.14. The Morgan fingerprint density at radius 3 is 2.55 bits per heavy atom. The number of hydrogen-bond donors (Lipinski definition) is 3. The molecular formula is C15H25ClN2O2. The maximum absolute atomic E-state index is 9.69. The van der Waals surface area contributed by atoms with Gasteiger partial charge in [0.15, 0.2) is 0 Å². The van der Waals surface area contributed by atoms with Crippen LogP contribution < -0.4 is 15.4 Å². The molecule has 1 saturated heterocycles. The van der Waals surface area contributed by atoms with Crippen LogP contribution in [0.25, 0.3) is 0 Å². The second-order valence-electron chi connectivity index (χ2n) is 5.43. The molecule has 114 valence electrons. The molecule has 0 spiro atoms. The Bertz CT molecular complexity index is 384. The number of benzene rings is 1. The van der Waals surface area contributed by atoms with Gasteiger partial charge in [-0.25, -0.2) is 0 Å². The lowest BCUT2D eigenvalue weighted by Gasteiger charge is -2.14. The van der Waals surface area contributed by atoms with E-state index in [1.165, 1.54) is 5.56 Å². The van der Waals surface area contributed by atoms with Crippen LogP contribution in [0.2, 0.25) is 0 Å². The van der Waals surface area contributed by atoms with E-state index < -0.39 is 0 Å². The molecule has 1 aliphatic rings. The summed E-state index contributed by atoms with van der Waals surface area (Å²) in [6.45, 7) is 7.33. The minimum absolute atomic E-state index is 0. The summed E-state index contributed by atoms with van der Waals surface area (Å²) in [5.74, 6) is 1.23. The van der Waals surface area contributed by atoms with Crippen molar-refractivity contribution in [3.8, 4) is 5.75 Å². The van der Waals surface area contributed by atoms with E-state index in [2.05, 4.69) is 22.8 Å². The summed E-state index contributed by atoms with van der Waals surface area (Å²) in [5.41, 5.74) is 1.23. The van der Waals surface area contributed by atoms with E-state index in [1.807, 2.05) is 26.0 Å². The predicted molar refractivity (Wildman–Crippen MR) is 83.5 cm³/mol. The van der Waals surface area contributed by atoms with Crippen LogP contribution in [0.15, 0.2) is 24.3 Å². The van der Waals surface area contributed by atoms with Crippen LogP contribution >= 0.6 is 12.4 Å². The van der Waals surface area contributed by atoms with E-state index in [1.54, 1.807) is 0 Å². The first-order valence-electron chi connectivity index (χ1n) is 7.00. The van der Waals surface area contributed by atoms with Gasteiger partial charge in [-0.3, -0.25) is 0 Å². The zero-order chi connectivity index (χ0) is 13.7. The summed E-state index contributed by atoms with van der Waals surface area (Å²) in [6, 6.07) is 8.16. The Kier molecular flexibility index (Phi) is 7.30. The minimum Gasteiger partial charge on any atom is -0.491 e. The molecule has 1 heterocycles. The first-order chi connectivity index (χ1) is 9.15. The number of aliphatic hydroxyl groups is 1. The number of β-amino-alcohol motifs (C(OH)–C–C–N with tert-alkyl or cyclic N) is 1. The van der Waals surface area contributed by atoms with Gasteiger partial charge in [-0.2, -0.15) is 0 Å². The monoisotopic (exact) mass is 300 g/mol. The van der Waals surface area contributed by atoms with Crippen molar-refractivity contribution >= 4 is 12.4 Å². The van der Waals surface area contributed by atoms with Crippen molar-refractivity contribution in [2.45, 2.75) is 32.6 Å². The van der Waals surface area contributed by atoms with E-state index in [0.29, 0.717) is 12.5 Å². The molecule has 0 saturated carbocycles. The van der Waals surface area contributed by atoms with Crippen molar-refractivity contribution in [3.63, 3.8) is 0 Å². The quantitative estimate of drug-likeness (QED) is 0.746. The lowest BCUT2D eigenvalue weighted by Crippen LogP contribution is -2.30. The Labute approximate surface area is 127 Å². The third-order valence-electron chi connectivity index (χ3n) is 3.33. The Morgan fingerprint density at radius 1 is 1.30 bits per heavy atom. The molecule has 0 bridgehead atoms. The number of halogens is 1. The molecule has 0 radical (unpaired) electrons. The van der Waals surface area contributed by atoms with Gasteiger partial charge in [0.2, 0.25) is 0 Å². The maximum Gasteiger partial charge on any atom is 0.119 e. The summed E-state index contributed by atoms with van der Waals surface area (Å²) in [7, 11) is 0. The number of rotatable bonds is 6. The van der Waals surface area contributed by atoms with Crippen LogP contribution in [0.5, 0.6) is 5.75 Å². The molecule has 0 amide bonds. The lowest BCUT2D eigenvalue weighted by atomic mass is 10.1. The van der Waals surface area contributed by atoms with Gasteiger partial charge in [-0.1, -0.05) is 12.1 Å². The average Bonchev–Trinajstić information content (AvgIpc) is 2.77. The third-order valence-corrected chi connectivity index (χ3v) is 3.33. The minimum atomic E-state index is -0.214. The standard InChI is InChI=1S/C15H24N2O2.ClH/c1-11(2)19-14-5-3-12(4-6-14)7-16-8-13-9-17-10-15(13)18;/h3-6,11,13,15-18H,7-10H2,1-2H3;1H. The second-order valence-corrected chi connectivity index (χ2v) is 5.43. The molecule has 20 heavy (non-hydrogen) atoms. The number of aliphatic hydroxyl groups excluding tert-OH is 1. The smallest absolute Gasteiger partial charge is 0.119 e. The maximum atomic E-state index is 9.69. The molecule has 2 rings (SSSR count). The van der Waals surface area contributed by atoms with Crippen molar-refractivity contribution in [2.24, 2.45) is 5.92 Å². The molecule has 1 aromatic rings. The molecule has 1 aromatic carbocycles. The van der Waals surface area contributed by atoms with Crippen LogP contribution in [0.1, 0.15) is 19.4 Å². The molecule has 4 nitrogen and oxygen atoms in total. The summed E-state index contributed by atoms with van der Waals surface area (Å²) < 4.78 is 5.61. The van der Waals surface area contributed by atoms with E-state index in [-0.39, 0.29) is 24.6 Å². The van der Waals surface area contributed by atoms with Crippen molar-refractivity contribution in [1.29, 1.82) is 0 Å². The van der Waals surface area contributed by atoms with Crippen LogP contribution in [0, 0.1) is 5.92 Å². The SMILES string of the molecule is CC(C)Oc1ccc(CNCC2CNCC2O)cc1.Cl. The van der Waals surface area contributed by atoms with Crippen molar-refractivity contribution in [1.82, 2.24) is 10.6 Å². The van der Waals surface area contributed by atoms with E-state index in [0.717, 1.165) is 25.4 Å². The summed E-state index contributed by atoms with van der Waals surface area (Å²) in [4.78, 5) is 0. The van der Waals surface area contributed by atoms with Gasteiger partial charge in [-0.15, -0.1) is 12.4 Å². The van der Waals surface area contributed by atoms with Gasteiger partial charge in [0, 0.05) is 32.1 Å². The topological polar surface area (TPSA) is 53.5 Å². The zero-order valence-corrected chi connectivity index (χ0v) is 13.0. The van der Waals surface area contributed by atoms with Crippen LogP contribution in [0.3, 0.4) is 0 Å². The first kappa shape index (κ1) is 17.2. The number of nitrogens with one attached hydrogen (secondary N) is 2. The van der Waals surface area contributed by atoms with E-state index >= 15 is 0 Å². The summed E-state index contributed by atoms with van der Waals surface area (Å²) in [6.07, 6.45) is -0.00496. The lowest BCUT2D eigenvalue weighted by molar-refractivity contribution is 0.146. The van der Waals surface area contributed by atoms with Gasteiger partial charge in [0.05, 0.1) is 12.2 Å². The fraction of sp³-hybridized carbons (Fsp3) is 0.600. The molecule has 0 aromatic heterocycles. The molecule has 3 N–H and O–H groups in total. The fourth-order valence-electron chi connectivity index (χ4n) is 2.29. The van der Waals surface area contributed by atoms with Crippen molar-refractivity contribution in [2.75, 3.05) is 19.6 Å². The number of ether oxygens (including phenoxy) is 1. The normalized spacial score (nSPS) is 21.8. The average molecular weight is 301 g/mol. The molecular weight excluding hydrogens is 276 g/mol. The second kappa shape index (κ2) is 8.47. The van der Waals surface area contributed by atoms with Crippen molar-refractivity contribution in [3.05, 3.63) is 29.8 Å². The highest BCUT2D eigenvalue weighted by molar-refractivity contribution is 5.85. The molecule has 0 aliphatic carbocycles. The number of hydrogen-bond acceptors (Lipinski definition) is 4. The summed E-state index contributed by atoms with van der Waals surface area (Å²) in [5, 5.41) is 16.3. The Hall–Kier alpha value is -0.810. The molecule has 2 unspecified atom stereocenters. The predicted octanol–water partition coefficient (Wildman–Crippen LogP) is 1.57. The fourth-order valence-corrected chi connectivity index (χ4v) is 2.29. The third kappa shape index (κ3) is 5.29. The molecule has 1 fully saturated rings. The van der Waals surface area contributed by atoms with Crippen LogP contribution in [-0.2, 0) is 6.54 Å². The first-order valence-corrected chi connectivity index (χ1v) is 7.00. The van der Waals surface area contributed by atoms with Gasteiger partial charge in [-0.05, 0) is 31.5 Å². The largest absolute Gasteiger partial charge is 0.491 e. The Morgan fingerprint density at radius 2 is 2.00 bits per heavy atom. The highest BCUT2D eigenvalue weighted by Gasteiger charge is 2.23. The van der Waals surface area contributed by atoms with Crippen LogP contribution in [-0.4, -0.2) is 36.9 Å². The van der Waals surface area contributed by atoms with Gasteiger partial charge < -0.3 is 20.5 Å². The van der Waals surface area contributed by atoms with E-state index in [9.17, 15) is 5.11 Å². The van der Waals surface area contributed by atoms with E-state index in [4.69, 9.17) is 4.74 Å². The van der Waals surface area contributed by atoms with Gasteiger partial charge in [0.25, 0.3) is 0 Å². The summed E-state index contributed by atoms with van der Waals surface area (Å²) >= 11 is 0. The van der Waals surface area contributed by atoms with Crippen LogP contribution in [0.4, 0.5) is 0 Å². The van der Waals surface area contributed by atoms with Gasteiger partial charge >= 0.3 is 0 Å². The Balaban J connectivity index is 0.00000200. The molecule has 5 heteroatoms. The highest BCUT2D eigenvalue weighted by atomic mass is 35.5.